The molecule has 8 heteroatoms. The Labute approximate surface area is 130 Å². The summed E-state index contributed by atoms with van der Waals surface area (Å²) < 4.78 is 18.7. The molecule has 2 N–H and O–H groups in total. The van der Waals surface area contributed by atoms with Crippen LogP contribution in [-0.4, -0.2) is 17.1 Å². The first-order valence-electron chi connectivity index (χ1n) is 6.23. The van der Waals surface area contributed by atoms with Gasteiger partial charge in [0, 0.05) is 12.1 Å². The topological polar surface area (TPSA) is 102 Å². The number of nitriles is 1. The van der Waals surface area contributed by atoms with Crippen molar-refractivity contribution in [2.24, 2.45) is 5.73 Å². The lowest BCUT2D eigenvalue weighted by molar-refractivity contribution is -0.386. The smallest absolute Gasteiger partial charge is 0.312 e. The van der Waals surface area contributed by atoms with Crippen molar-refractivity contribution < 1.29 is 14.1 Å². The van der Waals surface area contributed by atoms with Crippen LogP contribution in [0.1, 0.15) is 26.2 Å². The third kappa shape index (κ3) is 5.28. The van der Waals surface area contributed by atoms with Crippen LogP contribution in [0.4, 0.5) is 10.1 Å². The molecular formula is C13H15BrFN3O3. The number of rotatable bonds is 7. The third-order valence-electron chi connectivity index (χ3n) is 2.80. The molecule has 0 amide bonds. The van der Waals surface area contributed by atoms with E-state index in [4.69, 9.17) is 15.7 Å². The van der Waals surface area contributed by atoms with E-state index in [0.29, 0.717) is 19.3 Å². The number of hydrogen-bond acceptors (Lipinski definition) is 5. The predicted octanol–water partition coefficient (Wildman–Crippen LogP) is 3.29. The second-order valence-electron chi connectivity index (χ2n) is 4.83. The molecular weight excluding hydrogens is 345 g/mol. The molecule has 1 unspecified atom stereocenters. The minimum Gasteiger partial charge on any atom is -0.487 e. The van der Waals surface area contributed by atoms with Crippen molar-refractivity contribution >= 4 is 21.6 Å². The van der Waals surface area contributed by atoms with E-state index in [9.17, 15) is 14.5 Å². The fraction of sp³-hybridized carbons (Fsp3) is 0.462. The SMILES string of the molecule is CC(N)(C#N)CCCCOc1cc(F)c(Br)cc1[N+](=O)[O-]. The van der Waals surface area contributed by atoms with E-state index in [0.717, 1.165) is 12.1 Å². The molecule has 0 aliphatic heterocycles. The first-order valence-corrected chi connectivity index (χ1v) is 7.02. The fourth-order valence-corrected chi connectivity index (χ4v) is 1.94. The van der Waals surface area contributed by atoms with Crippen molar-refractivity contribution in [3.8, 4) is 11.8 Å². The van der Waals surface area contributed by atoms with Gasteiger partial charge in [0.1, 0.15) is 11.4 Å². The van der Waals surface area contributed by atoms with Crippen molar-refractivity contribution in [2.45, 2.75) is 31.7 Å². The van der Waals surface area contributed by atoms with Crippen LogP contribution in [0.2, 0.25) is 0 Å². The van der Waals surface area contributed by atoms with Gasteiger partial charge in [0.05, 0.1) is 22.1 Å². The van der Waals surface area contributed by atoms with Gasteiger partial charge in [-0.1, -0.05) is 0 Å². The van der Waals surface area contributed by atoms with Gasteiger partial charge in [0.2, 0.25) is 0 Å². The van der Waals surface area contributed by atoms with Gasteiger partial charge in [0.15, 0.2) is 5.75 Å². The molecule has 114 valence electrons. The molecule has 0 bridgehead atoms. The molecule has 0 radical (unpaired) electrons. The Morgan fingerprint density at radius 2 is 2.24 bits per heavy atom. The lowest BCUT2D eigenvalue weighted by Crippen LogP contribution is -2.33. The average molecular weight is 360 g/mol. The van der Waals surface area contributed by atoms with E-state index < -0.39 is 16.3 Å². The van der Waals surface area contributed by atoms with E-state index in [1.807, 2.05) is 6.07 Å². The first-order chi connectivity index (χ1) is 9.76. The molecule has 21 heavy (non-hydrogen) atoms. The Hall–Kier alpha value is -1.72. The molecule has 0 heterocycles. The molecule has 1 aromatic carbocycles. The Bertz CT molecular complexity index is 573. The number of halogens is 2. The molecule has 0 aromatic heterocycles. The molecule has 0 fully saturated rings. The Morgan fingerprint density at radius 3 is 2.81 bits per heavy atom. The normalized spacial score (nSPS) is 13.3. The van der Waals surface area contributed by atoms with Crippen LogP contribution in [0.25, 0.3) is 0 Å². The summed E-state index contributed by atoms with van der Waals surface area (Å²) in [5.74, 6) is -0.744. The quantitative estimate of drug-likeness (QED) is 0.457. The number of nitrogens with two attached hydrogens (primary N) is 1. The number of unbranched alkanes of at least 4 members (excludes halogenated alkanes) is 1. The van der Waals surface area contributed by atoms with Crippen LogP contribution >= 0.6 is 15.9 Å². The maximum absolute atomic E-state index is 13.4. The highest BCUT2D eigenvalue weighted by Gasteiger charge is 2.19. The number of benzene rings is 1. The highest BCUT2D eigenvalue weighted by atomic mass is 79.9. The number of hydrogen-bond donors (Lipinski definition) is 1. The van der Waals surface area contributed by atoms with Crippen molar-refractivity contribution in [1.29, 1.82) is 5.26 Å². The molecule has 0 spiro atoms. The monoisotopic (exact) mass is 359 g/mol. The number of nitro groups is 1. The maximum Gasteiger partial charge on any atom is 0.312 e. The number of nitrogens with zero attached hydrogens (tertiary/aromatic N) is 2. The summed E-state index contributed by atoms with van der Waals surface area (Å²) in [4.78, 5) is 10.2. The zero-order valence-corrected chi connectivity index (χ0v) is 13.0. The summed E-state index contributed by atoms with van der Waals surface area (Å²) in [7, 11) is 0. The molecule has 0 saturated carbocycles. The zero-order chi connectivity index (χ0) is 16.0. The largest absolute Gasteiger partial charge is 0.487 e. The number of nitro benzene ring substituents is 1. The van der Waals surface area contributed by atoms with Crippen molar-refractivity contribution in [1.82, 2.24) is 0 Å². The van der Waals surface area contributed by atoms with Gasteiger partial charge in [0.25, 0.3) is 0 Å². The van der Waals surface area contributed by atoms with Gasteiger partial charge in [-0.25, -0.2) is 4.39 Å². The first kappa shape index (κ1) is 17.3. The minimum absolute atomic E-state index is 0.00877. The van der Waals surface area contributed by atoms with Gasteiger partial charge in [-0.2, -0.15) is 5.26 Å². The van der Waals surface area contributed by atoms with Gasteiger partial charge in [-0.15, -0.1) is 0 Å². The van der Waals surface area contributed by atoms with Crippen LogP contribution in [0.5, 0.6) is 5.75 Å². The number of ether oxygens (including phenoxy) is 1. The van der Waals surface area contributed by atoms with Crippen LogP contribution in [-0.2, 0) is 0 Å². The summed E-state index contributed by atoms with van der Waals surface area (Å²) in [5, 5.41) is 19.6. The lowest BCUT2D eigenvalue weighted by Gasteiger charge is -2.14. The highest BCUT2D eigenvalue weighted by molar-refractivity contribution is 9.10. The molecule has 1 aromatic rings. The van der Waals surface area contributed by atoms with Crippen molar-refractivity contribution in [2.75, 3.05) is 6.61 Å². The van der Waals surface area contributed by atoms with Crippen molar-refractivity contribution in [3.63, 3.8) is 0 Å². The van der Waals surface area contributed by atoms with E-state index in [-0.39, 0.29) is 22.5 Å². The Kier molecular flexibility index (Phi) is 6.05. The Balaban J connectivity index is 2.58. The second-order valence-corrected chi connectivity index (χ2v) is 5.68. The third-order valence-corrected chi connectivity index (χ3v) is 3.41. The van der Waals surface area contributed by atoms with Crippen LogP contribution < -0.4 is 10.5 Å². The van der Waals surface area contributed by atoms with E-state index >= 15 is 0 Å². The van der Waals surface area contributed by atoms with Gasteiger partial charge in [-0.05, 0) is 42.1 Å². The summed E-state index contributed by atoms with van der Waals surface area (Å²) in [6, 6.07) is 4.02. The van der Waals surface area contributed by atoms with Crippen LogP contribution in [0.3, 0.4) is 0 Å². The summed E-state index contributed by atoms with van der Waals surface area (Å²) in [6.45, 7) is 1.81. The van der Waals surface area contributed by atoms with E-state index in [1.165, 1.54) is 0 Å². The van der Waals surface area contributed by atoms with Crippen LogP contribution in [0, 0.1) is 27.3 Å². The standard InChI is InChI=1S/C13H15BrFN3O3/c1-13(17,8-16)4-2-3-5-21-12-7-10(15)9(14)6-11(12)18(19)20/h6-7H,2-5,17H2,1H3. The van der Waals surface area contributed by atoms with Gasteiger partial charge < -0.3 is 10.5 Å². The minimum atomic E-state index is -0.893. The maximum atomic E-state index is 13.4. The summed E-state index contributed by atoms with van der Waals surface area (Å²) in [6.07, 6.45) is 1.68. The van der Waals surface area contributed by atoms with Gasteiger partial charge >= 0.3 is 5.69 Å². The van der Waals surface area contributed by atoms with E-state index in [2.05, 4.69) is 15.9 Å². The summed E-state index contributed by atoms with van der Waals surface area (Å²) >= 11 is 2.89. The zero-order valence-electron chi connectivity index (χ0n) is 11.4. The molecule has 1 atom stereocenters. The Morgan fingerprint density at radius 1 is 1.57 bits per heavy atom. The molecule has 0 aliphatic rings. The predicted molar refractivity (Wildman–Crippen MR) is 78.3 cm³/mol. The van der Waals surface area contributed by atoms with E-state index in [1.54, 1.807) is 6.92 Å². The van der Waals surface area contributed by atoms with Crippen LogP contribution in [0.15, 0.2) is 16.6 Å². The lowest BCUT2D eigenvalue weighted by atomic mass is 9.98. The molecule has 1 rings (SSSR count). The molecule has 6 nitrogen and oxygen atoms in total. The molecule has 0 saturated heterocycles. The molecule has 0 aliphatic carbocycles. The fourth-order valence-electron chi connectivity index (χ4n) is 1.61. The highest BCUT2D eigenvalue weighted by Crippen LogP contribution is 2.32. The average Bonchev–Trinajstić information content (AvgIpc) is 2.41. The second kappa shape index (κ2) is 7.33. The summed E-state index contributed by atoms with van der Waals surface area (Å²) in [5.41, 5.74) is 4.47. The van der Waals surface area contributed by atoms with Crippen molar-refractivity contribution in [3.05, 3.63) is 32.5 Å². The van der Waals surface area contributed by atoms with Gasteiger partial charge in [-0.3, -0.25) is 10.1 Å².